The molecular weight excluding hydrogens is 300 g/mol. The Kier molecular flexibility index (Phi) is 6.31. The molecule has 1 saturated carbocycles. The zero-order valence-electron chi connectivity index (χ0n) is 15.7. The number of rotatable bonds is 6. The predicted octanol–water partition coefficient (Wildman–Crippen LogP) is 5.31. The van der Waals surface area contributed by atoms with Gasteiger partial charge in [0.05, 0.1) is 0 Å². The Balaban J connectivity index is 1.83. The summed E-state index contributed by atoms with van der Waals surface area (Å²) in [5, 5.41) is 0. The van der Waals surface area contributed by atoms with Crippen LogP contribution in [-0.4, -0.2) is 18.2 Å². The molecule has 134 valence electrons. The number of carbonyl (C=O) groups excluding carboxylic acids is 1. The van der Waals surface area contributed by atoms with E-state index >= 15 is 0 Å². The van der Waals surface area contributed by atoms with Crippen molar-refractivity contribution in [2.75, 3.05) is 6.61 Å². The Hall–Kier alpha value is -1.51. The molecule has 1 aliphatic rings. The molecule has 0 heterocycles. The minimum absolute atomic E-state index is 0.0135. The Bertz CT molecular complexity index is 519. The van der Waals surface area contributed by atoms with E-state index in [-0.39, 0.29) is 23.6 Å². The molecule has 0 radical (unpaired) electrons. The van der Waals surface area contributed by atoms with Crippen LogP contribution in [-0.2, 0) is 16.0 Å². The van der Waals surface area contributed by atoms with E-state index in [1.807, 2.05) is 12.1 Å². The number of hydrogen-bond acceptors (Lipinski definition) is 3. The van der Waals surface area contributed by atoms with Gasteiger partial charge in [-0.1, -0.05) is 46.2 Å². The van der Waals surface area contributed by atoms with Gasteiger partial charge in [0.1, 0.15) is 11.4 Å². The van der Waals surface area contributed by atoms with Crippen molar-refractivity contribution in [3.63, 3.8) is 0 Å². The maximum atomic E-state index is 12.2. The largest absolute Gasteiger partial charge is 0.482 e. The lowest BCUT2D eigenvalue weighted by molar-refractivity contribution is -0.166. The molecule has 1 fully saturated rings. The molecule has 2 rings (SSSR count). The van der Waals surface area contributed by atoms with Crippen LogP contribution in [0.1, 0.15) is 71.8 Å². The molecular formula is C21H32O3. The van der Waals surface area contributed by atoms with Gasteiger partial charge >= 0.3 is 5.97 Å². The molecule has 24 heavy (non-hydrogen) atoms. The van der Waals surface area contributed by atoms with Gasteiger partial charge in [-0.05, 0) is 61.6 Å². The van der Waals surface area contributed by atoms with Crippen molar-refractivity contribution in [3.8, 4) is 5.75 Å². The van der Waals surface area contributed by atoms with Gasteiger partial charge in [0, 0.05) is 0 Å². The third kappa shape index (κ3) is 5.85. The lowest BCUT2D eigenvalue weighted by Gasteiger charge is -2.35. The molecule has 3 heteroatoms. The summed E-state index contributed by atoms with van der Waals surface area (Å²) in [5.74, 6) is 0.469. The van der Waals surface area contributed by atoms with Crippen molar-refractivity contribution < 1.29 is 14.3 Å². The highest BCUT2D eigenvalue weighted by molar-refractivity contribution is 5.71. The molecule has 0 saturated heterocycles. The van der Waals surface area contributed by atoms with Gasteiger partial charge in [-0.2, -0.15) is 0 Å². The number of hydrogen-bond donors (Lipinski definition) is 0. The lowest BCUT2D eigenvalue weighted by Crippen LogP contribution is -2.38. The van der Waals surface area contributed by atoms with Gasteiger partial charge in [-0.25, -0.2) is 4.79 Å². The van der Waals surface area contributed by atoms with Crippen molar-refractivity contribution in [3.05, 3.63) is 29.8 Å². The molecule has 1 aromatic rings. The average Bonchev–Trinajstić information content (AvgIpc) is 2.54. The first-order valence-electron chi connectivity index (χ1n) is 9.25. The summed E-state index contributed by atoms with van der Waals surface area (Å²) in [4.78, 5) is 12.2. The third-order valence-electron chi connectivity index (χ3n) is 4.75. The second-order valence-electron chi connectivity index (χ2n) is 8.24. The molecule has 3 nitrogen and oxygen atoms in total. The minimum atomic E-state index is -0.255. The van der Waals surface area contributed by atoms with E-state index in [2.05, 4.69) is 39.8 Å². The highest BCUT2D eigenvalue weighted by Gasteiger charge is 2.34. The van der Waals surface area contributed by atoms with Crippen LogP contribution in [0.4, 0.5) is 0 Å². The Morgan fingerprint density at radius 1 is 1.08 bits per heavy atom. The average molecular weight is 332 g/mol. The SMILES string of the molecule is CCC1(OC(=O)COc2ccc(CC(C)(C)C)cc2)CCCCC1. The molecule has 0 atom stereocenters. The van der Waals surface area contributed by atoms with Gasteiger partial charge in [0.25, 0.3) is 0 Å². The third-order valence-corrected chi connectivity index (χ3v) is 4.75. The van der Waals surface area contributed by atoms with Gasteiger partial charge < -0.3 is 9.47 Å². The number of benzene rings is 1. The van der Waals surface area contributed by atoms with E-state index in [1.54, 1.807) is 0 Å². The molecule has 0 bridgehead atoms. The molecule has 1 aromatic carbocycles. The first-order valence-corrected chi connectivity index (χ1v) is 9.25. The van der Waals surface area contributed by atoms with Crippen molar-refractivity contribution in [1.29, 1.82) is 0 Å². The fraction of sp³-hybridized carbons (Fsp3) is 0.667. The van der Waals surface area contributed by atoms with Crippen molar-refractivity contribution in [2.45, 2.75) is 78.2 Å². The summed E-state index contributed by atoms with van der Waals surface area (Å²) in [6, 6.07) is 8.01. The Labute approximate surface area is 146 Å². The number of carbonyl (C=O) groups is 1. The summed E-state index contributed by atoms with van der Waals surface area (Å²) in [5.41, 5.74) is 1.29. The fourth-order valence-corrected chi connectivity index (χ4v) is 3.45. The molecule has 0 aromatic heterocycles. The fourth-order valence-electron chi connectivity index (χ4n) is 3.45. The van der Waals surface area contributed by atoms with E-state index in [0.29, 0.717) is 0 Å². The van der Waals surface area contributed by atoms with E-state index in [4.69, 9.17) is 9.47 Å². The first-order chi connectivity index (χ1) is 11.3. The number of ether oxygens (including phenoxy) is 2. The highest BCUT2D eigenvalue weighted by atomic mass is 16.6. The molecule has 0 amide bonds. The second kappa shape index (κ2) is 8.04. The van der Waals surface area contributed by atoms with Crippen LogP contribution in [0.5, 0.6) is 5.75 Å². The van der Waals surface area contributed by atoms with Gasteiger partial charge in [-0.15, -0.1) is 0 Å². The monoisotopic (exact) mass is 332 g/mol. The summed E-state index contributed by atoms with van der Waals surface area (Å²) >= 11 is 0. The molecule has 0 spiro atoms. The minimum Gasteiger partial charge on any atom is -0.482 e. The van der Waals surface area contributed by atoms with Crippen LogP contribution in [0.25, 0.3) is 0 Å². The van der Waals surface area contributed by atoms with Crippen molar-refractivity contribution in [2.24, 2.45) is 5.41 Å². The highest BCUT2D eigenvalue weighted by Crippen LogP contribution is 2.34. The van der Waals surface area contributed by atoms with Crippen molar-refractivity contribution in [1.82, 2.24) is 0 Å². The summed E-state index contributed by atoms with van der Waals surface area (Å²) in [6.45, 7) is 8.76. The van der Waals surface area contributed by atoms with Crippen LogP contribution in [0, 0.1) is 5.41 Å². The zero-order chi connectivity index (χ0) is 17.6. The van der Waals surface area contributed by atoms with Crippen LogP contribution >= 0.6 is 0 Å². The quantitative estimate of drug-likeness (QED) is 0.662. The zero-order valence-corrected chi connectivity index (χ0v) is 15.7. The molecule has 1 aliphatic carbocycles. The van der Waals surface area contributed by atoms with Gasteiger partial charge in [0.15, 0.2) is 6.61 Å². The van der Waals surface area contributed by atoms with Gasteiger partial charge in [0.2, 0.25) is 0 Å². The number of esters is 1. The normalized spacial score (nSPS) is 17.3. The van der Waals surface area contributed by atoms with Crippen LogP contribution in [0.2, 0.25) is 0 Å². The molecule has 0 unspecified atom stereocenters. The Morgan fingerprint density at radius 2 is 1.71 bits per heavy atom. The topological polar surface area (TPSA) is 35.5 Å². The maximum Gasteiger partial charge on any atom is 0.344 e. The van der Waals surface area contributed by atoms with Crippen LogP contribution in [0.3, 0.4) is 0 Å². The second-order valence-corrected chi connectivity index (χ2v) is 8.24. The molecule has 0 N–H and O–H groups in total. The van der Waals surface area contributed by atoms with Crippen LogP contribution in [0.15, 0.2) is 24.3 Å². The van der Waals surface area contributed by atoms with E-state index in [9.17, 15) is 4.79 Å². The van der Waals surface area contributed by atoms with Gasteiger partial charge in [-0.3, -0.25) is 0 Å². The standard InChI is InChI=1S/C21H32O3/c1-5-21(13-7-6-8-14-21)24-19(22)16-23-18-11-9-17(10-12-18)15-20(2,3)4/h9-12H,5-8,13-16H2,1-4H3. The summed E-state index contributed by atoms with van der Waals surface area (Å²) in [7, 11) is 0. The van der Waals surface area contributed by atoms with Crippen molar-refractivity contribution >= 4 is 5.97 Å². The van der Waals surface area contributed by atoms with E-state index in [1.165, 1.54) is 12.0 Å². The summed E-state index contributed by atoms with van der Waals surface area (Å²) in [6.07, 6.45) is 7.42. The lowest BCUT2D eigenvalue weighted by atomic mass is 9.83. The first kappa shape index (κ1) is 18.8. The maximum absolute atomic E-state index is 12.2. The molecule has 0 aliphatic heterocycles. The summed E-state index contributed by atoms with van der Waals surface area (Å²) < 4.78 is 11.4. The van der Waals surface area contributed by atoms with E-state index in [0.717, 1.165) is 44.3 Å². The van der Waals surface area contributed by atoms with E-state index < -0.39 is 0 Å². The van der Waals surface area contributed by atoms with Crippen LogP contribution < -0.4 is 4.74 Å². The predicted molar refractivity (Wildman–Crippen MR) is 97.3 cm³/mol. The Morgan fingerprint density at radius 3 is 2.25 bits per heavy atom. The smallest absolute Gasteiger partial charge is 0.344 e.